The van der Waals surface area contributed by atoms with Gasteiger partial charge in [-0.15, -0.1) is 0 Å². The van der Waals surface area contributed by atoms with E-state index in [1.54, 1.807) is 0 Å². The van der Waals surface area contributed by atoms with E-state index >= 15 is 0 Å². The maximum atomic E-state index is 11.6. The SMILES string of the molecule is CCN(Cc1cccc(C)n1)C(CN)C(=O)OC. The van der Waals surface area contributed by atoms with Crippen LogP contribution in [0.2, 0.25) is 0 Å². The molecule has 5 heteroatoms. The van der Waals surface area contributed by atoms with Crippen LogP contribution in [0.4, 0.5) is 0 Å². The molecule has 0 aliphatic heterocycles. The zero-order chi connectivity index (χ0) is 13.5. The Morgan fingerprint density at radius 3 is 2.78 bits per heavy atom. The van der Waals surface area contributed by atoms with Crippen LogP contribution in [0, 0.1) is 6.92 Å². The predicted octanol–water partition coefficient (Wildman–Crippen LogP) is 0.712. The summed E-state index contributed by atoms with van der Waals surface area (Å²) in [5.74, 6) is -0.299. The van der Waals surface area contributed by atoms with Crippen molar-refractivity contribution in [1.29, 1.82) is 0 Å². The fourth-order valence-electron chi connectivity index (χ4n) is 1.87. The largest absolute Gasteiger partial charge is 0.468 e. The Hall–Kier alpha value is -1.46. The van der Waals surface area contributed by atoms with Gasteiger partial charge in [0.05, 0.1) is 12.8 Å². The van der Waals surface area contributed by atoms with Crippen molar-refractivity contribution in [2.24, 2.45) is 5.73 Å². The second-order valence-corrected chi connectivity index (χ2v) is 4.11. The molecule has 18 heavy (non-hydrogen) atoms. The van der Waals surface area contributed by atoms with Gasteiger partial charge in [0.2, 0.25) is 0 Å². The molecule has 5 nitrogen and oxygen atoms in total. The van der Waals surface area contributed by atoms with E-state index in [1.807, 2.05) is 36.9 Å². The summed E-state index contributed by atoms with van der Waals surface area (Å²) >= 11 is 0. The molecule has 2 N–H and O–H groups in total. The standard InChI is InChI=1S/C13H21N3O2/c1-4-16(12(8-14)13(17)18-3)9-11-7-5-6-10(2)15-11/h5-7,12H,4,8-9,14H2,1-3H3. The average molecular weight is 251 g/mol. The number of nitrogens with zero attached hydrogens (tertiary/aromatic N) is 2. The number of carbonyl (C=O) groups is 1. The van der Waals surface area contributed by atoms with Gasteiger partial charge >= 0.3 is 5.97 Å². The molecular weight excluding hydrogens is 230 g/mol. The van der Waals surface area contributed by atoms with Crippen LogP contribution in [-0.2, 0) is 16.1 Å². The Morgan fingerprint density at radius 2 is 2.28 bits per heavy atom. The highest BCUT2D eigenvalue weighted by atomic mass is 16.5. The normalized spacial score (nSPS) is 12.5. The highest BCUT2D eigenvalue weighted by Crippen LogP contribution is 2.08. The lowest BCUT2D eigenvalue weighted by Gasteiger charge is -2.27. The number of rotatable bonds is 6. The lowest BCUT2D eigenvalue weighted by molar-refractivity contribution is -0.146. The number of nitrogens with two attached hydrogens (primary N) is 1. The number of esters is 1. The van der Waals surface area contributed by atoms with Gasteiger partial charge in [-0.3, -0.25) is 14.7 Å². The average Bonchev–Trinajstić information content (AvgIpc) is 2.38. The molecule has 1 aromatic heterocycles. The van der Waals surface area contributed by atoms with Crippen molar-refractivity contribution >= 4 is 5.97 Å². The molecule has 0 aliphatic carbocycles. The number of hydrogen-bond donors (Lipinski definition) is 1. The zero-order valence-corrected chi connectivity index (χ0v) is 11.2. The fourth-order valence-corrected chi connectivity index (χ4v) is 1.87. The van der Waals surface area contributed by atoms with Crippen LogP contribution in [-0.4, -0.2) is 42.1 Å². The minimum atomic E-state index is -0.415. The minimum absolute atomic E-state index is 0.242. The van der Waals surface area contributed by atoms with Crippen molar-refractivity contribution < 1.29 is 9.53 Å². The number of aryl methyl sites for hydroxylation is 1. The Balaban J connectivity index is 2.80. The topological polar surface area (TPSA) is 68.5 Å². The Morgan fingerprint density at radius 1 is 1.56 bits per heavy atom. The molecule has 0 spiro atoms. The second-order valence-electron chi connectivity index (χ2n) is 4.11. The first-order chi connectivity index (χ1) is 8.62. The fraction of sp³-hybridized carbons (Fsp3) is 0.538. The Bertz CT molecular complexity index is 396. The molecule has 0 fully saturated rings. The summed E-state index contributed by atoms with van der Waals surface area (Å²) < 4.78 is 4.77. The van der Waals surface area contributed by atoms with E-state index in [9.17, 15) is 4.79 Å². The molecule has 0 saturated carbocycles. The van der Waals surface area contributed by atoms with E-state index in [2.05, 4.69) is 4.98 Å². The van der Waals surface area contributed by atoms with E-state index in [0.29, 0.717) is 13.1 Å². The molecule has 100 valence electrons. The van der Waals surface area contributed by atoms with E-state index in [4.69, 9.17) is 10.5 Å². The van der Waals surface area contributed by atoms with E-state index < -0.39 is 6.04 Å². The molecule has 0 bridgehead atoms. The monoisotopic (exact) mass is 251 g/mol. The first-order valence-electron chi connectivity index (χ1n) is 6.06. The molecule has 1 aromatic rings. The van der Waals surface area contributed by atoms with E-state index in [0.717, 1.165) is 11.4 Å². The number of methoxy groups -OCH3 is 1. The molecule has 1 unspecified atom stereocenters. The van der Waals surface area contributed by atoms with Crippen LogP contribution in [0.1, 0.15) is 18.3 Å². The van der Waals surface area contributed by atoms with Crippen molar-refractivity contribution in [2.75, 3.05) is 20.2 Å². The summed E-state index contributed by atoms with van der Waals surface area (Å²) in [5, 5.41) is 0. The van der Waals surface area contributed by atoms with Crippen molar-refractivity contribution in [3.05, 3.63) is 29.6 Å². The Kier molecular flexibility index (Phi) is 5.74. The van der Waals surface area contributed by atoms with Crippen LogP contribution in [0.5, 0.6) is 0 Å². The number of likely N-dealkylation sites (N-methyl/N-ethyl adjacent to an activating group) is 1. The maximum Gasteiger partial charge on any atom is 0.324 e. The third kappa shape index (κ3) is 3.78. The highest BCUT2D eigenvalue weighted by molar-refractivity contribution is 5.75. The quantitative estimate of drug-likeness (QED) is 0.754. The van der Waals surface area contributed by atoms with Gasteiger partial charge in [0.15, 0.2) is 0 Å². The summed E-state index contributed by atoms with van der Waals surface area (Å²) in [5.41, 5.74) is 7.54. The van der Waals surface area contributed by atoms with Crippen molar-refractivity contribution in [3.63, 3.8) is 0 Å². The first kappa shape index (κ1) is 14.6. The molecule has 0 aliphatic rings. The van der Waals surface area contributed by atoms with Gasteiger partial charge in [-0.2, -0.15) is 0 Å². The second kappa shape index (κ2) is 7.08. The van der Waals surface area contributed by atoms with Gasteiger partial charge in [-0.1, -0.05) is 13.0 Å². The van der Waals surface area contributed by atoms with E-state index in [-0.39, 0.29) is 12.5 Å². The van der Waals surface area contributed by atoms with Gasteiger partial charge in [0, 0.05) is 18.8 Å². The highest BCUT2D eigenvalue weighted by Gasteiger charge is 2.24. The van der Waals surface area contributed by atoms with Crippen LogP contribution in [0.25, 0.3) is 0 Å². The molecule has 1 rings (SSSR count). The first-order valence-corrected chi connectivity index (χ1v) is 6.06. The van der Waals surface area contributed by atoms with Crippen LogP contribution in [0.15, 0.2) is 18.2 Å². The van der Waals surface area contributed by atoms with Gasteiger partial charge in [0.1, 0.15) is 6.04 Å². The molecule has 1 atom stereocenters. The number of carbonyl (C=O) groups excluding carboxylic acids is 1. The lowest BCUT2D eigenvalue weighted by atomic mass is 10.2. The summed E-state index contributed by atoms with van der Waals surface area (Å²) in [6.07, 6.45) is 0. The van der Waals surface area contributed by atoms with Crippen molar-refractivity contribution in [2.45, 2.75) is 26.4 Å². The number of hydrogen-bond acceptors (Lipinski definition) is 5. The number of pyridine rings is 1. The van der Waals surface area contributed by atoms with Crippen molar-refractivity contribution in [1.82, 2.24) is 9.88 Å². The van der Waals surface area contributed by atoms with Gasteiger partial charge in [-0.25, -0.2) is 0 Å². The maximum absolute atomic E-state index is 11.6. The number of aromatic nitrogens is 1. The van der Waals surface area contributed by atoms with Crippen molar-refractivity contribution in [3.8, 4) is 0 Å². The molecule has 0 saturated heterocycles. The third-order valence-corrected chi connectivity index (χ3v) is 2.85. The Labute approximate surface area is 108 Å². The lowest BCUT2D eigenvalue weighted by Crippen LogP contribution is -2.46. The zero-order valence-electron chi connectivity index (χ0n) is 11.2. The van der Waals surface area contributed by atoms with Crippen LogP contribution >= 0.6 is 0 Å². The van der Waals surface area contributed by atoms with Crippen LogP contribution < -0.4 is 5.73 Å². The molecule has 0 radical (unpaired) electrons. The van der Waals surface area contributed by atoms with E-state index in [1.165, 1.54) is 7.11 Å². The molecule has 1 heterocycles. The molecule has 0 amide bonds. The number of ether oxygens (including phenoxy) is 1. The van der Waals surface area contributed by atoms with Gasteiger partial charge in [0.25, 0.3) is 0 Å². The smallest absolute Gasteiger partial charge is 0.324 e. The summed E-state index contributed by atoms with van der Waals surface area (Å²) in [7, 11) is 1.38. The predicted molar refractivity (Wildman–Crippen MR) is 69.9 cm³/mol. The summed E-state index contributed by atoms with van der Waals surface area (Å²) in [6.45, 7) is 5.48. The summed E-state index contributed by atoms with van der Waals surface area (Å²) in [4.78, 5) is 18.0. The third-order valence-electron chi connectivity index (χ3n) is 2.85. The van der Waals surface area contributed by atoms with Crippen LogP contribution in [0.3, 0.4) is 0 Å². The molecule has 0 aromatic carbocycles. The molecular formula is C13H21N3O2. The summed E-state index contributed by atoms with van der Waals surface area (Å²) in [6, 6.07) is 5.43. The van der Waals surface area contributed by atoms with Gasteiger partial charge in [-0.05, 0) is 25.6 Å². The van der Waals surface area contributed by atoms with Gasteiger partial charge < -0.3 is 10.5 Å². The minimum Gasteiger partial charge on any atom is -0.468 e.